The first-order valence-corrected chi connectivity index (χ1v) is 6.11. The minimum absolute atomic E-state index is 0.314. The number of hydrogen-bond acceptors (Lipinski definition) is 6. The van der Waals surface area contributed by atoms with Crippen LogP contribution < -0.4 is 22.1 Å². The van der Waals surface area contributed by atoms with Crippen LogP contribution in [0.25, 0.3) is 0 Å². The second-order valence-corrected chi connectivity index (χ2v) is 5.05. The lowest BCUT2D eigenvalue weighted by molar-refractivity contribution is 0.163. The van der Waals surface area contributed by atoms with Gasteiger partial charge in [-0.15, -0.1) is 0 Å². The minimum Gasteiger partial charge on any atom is -0.372 e. The number of aliphatic hydroxyl groups excluding tert-OH is 2. The molecule has 0 saturated heterocycles. The molecule has 3 rings (SSSR count). The Morgan fingerprint density at radius 3 is 1.67 bits per heavy atom. The first-order valence-electron chi connectivity index (χ1n) is 6.11. The van der Waals surface area contributed by atoms with Gasteiger partial charge >= 0.3 is 0 Å². The summed E-state index contributed by atoms with van der Waals surface area (Å²) < 4.78 is 0. The highest BCUT2D eigenvalue weighted by atomic mass is 16.3. The summed E-state index contributed by atoms with van der Waals surface area (Å²) >= 11 is 0. The summed E-state index contributed by atoms with van der Waals surface area (Å²) in [4.78, 5) is 0. The molecule has 2 heterocycles. The first kappa shape index (κ1) is 11.7. The number of nitrogens with one attached hydrogen (secondary N) is 2. The van der Waals surface area contributed by atoms with E-state index in [0.717, 1.165) is 22.5 Å². The SMILES string of the molecule is NC1Cc2ccc3c(c2NC1O)NC(O)C(N)C3. The smallest absolute Gasteiger partial charge is 0.140 e. The quantitative estimate of drug-likeness (QED) is 0.349. The highest BCUT2D eigenvalue weighted by Gasteiger charge is 2.30. The topological polar surface area (TPSA) is 117 Å². The normalized spacial score (nSPS) is 34.0. The molecule has 4 unspecified atom stereocenters. The number of nitrogens with two attached hydrogens (primary N) is 2. The van der Waals surface area contributed by atoms with E-state index in [9.17, 15) is 10.2 Å². The van der Waals surface area contributed by atoms with Gasteiger partial charge in [0.05, 0.1) is 23.5 Å². The zero-order valence-electron chi connectivity index (χ0n) is 9.93. The van der Waals surface area contributed by atoms with E-state index in [1.807, 2.05) is 12.1 Å². The number of aliphatic hydroxyl groups is 2. The molecule has 0 aliphatic carbocycles. The van der Waals surface area contributed by atoms with Crippen LogP contribution in [0.4, 0.5) is 11.4 Å². The fraction of sp³-hybridized carbons (Fsp3) is 0.500. The van der Waals surface area contributed by atoms with Crippen LogP contribution in [0.2, 0.25) is 0 Å². The average molecular weight is 250 g/mol. The number of benzene rings is 1. The van der Waals surface area contributed by atoms with E-state index in [4.69, 9.17) is 11.5 Å². The van der Waals surface area contributed by atoms with E-state index >= 15 is 0 Å². The third-order valence-electron chi connectivity index (χ3n) is 3.68. The second kappa shape index (κ2) is 4.10. The maximum atomic E-state index is 9.79. The Morgan fingerprint density at radius 2 is 1.28 bits per heavy atom. The van der Waals surface area contributed by atoms with Crippen LogP contribution in [0, 0.1) is 0 Å². The van der Waals surface area contributed by atoms with Crippen molar-refractivity contribution in [2.24, 2.45) is 11.5 Å². The lowest BCUT2D eigenvalue weighted by Crippen LogP contribution is -2.48. The highest BCUT2D eigenvalue weighted by molar-refractivity contribution is 5.78. The predicted molar refractivity (Wildman–Crippen MR) is 69.1 cm³/mol. The van der Waals surface area contributed by atoms with Crippen LogP contribution in [-0.4, -0.2) is 34.8 Å². The summed E-state index contributed by atoms with van der Waals surface area (Å²) in [5, 5.41) is 25.6. The van der Waals surface area contributed by atoms with Crippen LogP contribution >= 0.6 is 0 Å². The Hall–Kier alpha value is -1.34. The molecule has 0 bridgehead atoms. The number of hydrogen-bond donors (Lipinski definition) is 6. The van der Waals surface area contributed by atoms with Crippen molar-refractivity contribution in [2.75, 3.05) is 10.6 Å². The molecule has 0 radical (unpaired) electrons. The predicted octanol–water partition coefficient (Wildman–Crippen LogP) is -1.09. The molecule has 0 fully saturated rings. The van der Waals surface area contributed by atoms with E-state index in [1.165, 1.54) is 0 Å². The lowest BCUT2D eigenvalue weighted by atomic mass is 9.91. The minimum atomic E-state index is -0.765. The van der Waals surface area contributed by atoms with Crippen LogP contribution in [0.1, 0.15) is 11.1 Å². The maximum Gasteiger partial charge on any atom is 0.140 e. The van der Waals surface area contributed by atoms with Crippen molar-refractivity contribution in [3.8, 4) is 0 Å². The van der Waals surface area contributed by atoms with Gasteiger partial charge in [-0.2, -0.15) is 0 Å². The first-order chi connectivity index (χ1) is 8.56. The zero-order chi connectivity index (χ0) is 12.9. The zero-order valence-corrected chi connectivity index (χ0v) is 9.93. The van der Waals surface area contributed by atoms with Gasteiger partial charge in [0.2, 0.25) is 0 Å². The molecule has 1 aromatic carbocycles. The molecule has 1 aromatic rings. The monoisotopic (exact) mass is 250 g/mol. The average Bonchev–Trinajstić information content (AvgIpc) is 2.33. The van der Waals surface area contributed by atoms with E-state index in [1.54, 1.807) is 0 Å². The van der Waals surface area contributed by atoms with Gasteiger partial charge in [-0.05, 0) is 24.0 Å². The fourth-order valence-electron chi connectivity index (χ4n) is 2.60. The third kappa shape index (κ3) is 1.74. The molecular formula is C12H18N4O2. The van der Waals surface area contributed by atoms with E-state index in [2.05, 4.69) is 10.6 Å². The van der Waals surface area contributed by atoms with Crippen molar-refractivity contribution >= 4 is 11.4 Å². The van der Waals surface area contributed by atoms with Gasteiger partial charge in [0.15, 0.2) is 0 Å². The molecule has 6 nitrogen and oxygen atoms in total. The highest BCUT2D eigenvalue weighted by Crippen LogP contribution is 2.37. The molecular weight excluding hydrogens is 232 g/mol. The van der Waals surface area contributed by atoms with Crippen molar-refractivity contribution in [1.29, 1.82) is 0 Å². The third-order valence-corrected chi connectivity index (χ3v) is 3.68. The molecule has 98 valence electrons. The van der Waals surface area contributed by atoms with Gasteiger partial charge in [0, 0.05) is 0 Å². The van der Waals surface area contributed by atoms with Crippen LogP contribution in [0.5, 0.6) is 0 Å². The summed E-state index contributed by atoms with van der Waals surface area (Å²) in [7, 11) is 0. The van der Waals surface area contributed by atoms with Gasteiger partial charge in [-0.3, -0.25) is 0 Å². The van der Waals surface area contributed by atoms with Crippen molar-refractivity contribution in [2.45, 2.75) is 37.4 Å². The standard InChI is InChI=1S/C12H18N4O2/c13-7-3-5-1-2-6-4-8(14)12(18)16-10(6)9(5)15-11(7)17/h1-2,7-8,11-12,15-18H,3-4,13-14H2. The lowest BCUT2D eigenvalue weighted by Gasteiger charge is -2.35. The van der Waals surface area contributed by atoms with Crippen molar-refractivity contribution in [3.63, 3.8) is 0 Å². The molecule has 0 saturated carbocycles. The molecule has 2 aliphatic heterocycles. The number of anilines is 2. The molecule has 4 atom stereocenters. The fourth-order valence-corrected chi connectivity index (χ4v) is 2.60. The maximum absolute atomic E-state index is 9.79. The summed E-state index contributed by atoms with van der Waals surface area (Å²) in [6.07, 6.45) is -0.307. The molecule has 0 spiro atoms. The van der Waals surface area contributed by atoms with E-state index in [-0.39, 0.29) is 12.1 Å². The Bertz CT molecular complexity index is 436. The summed E-state index contributed by atoms with van der Waals surface area (Å²) in [5.41, 5.74) is 15.4. The molecule has 0 amide bonds. The van der Waals surface area contributed by atoms with Gasteiger partial charge in [0.25, 0.3) is 0 Å². The van der Waals surface area contributed by atoms with Gasteiger partial charge in [-0.25, -0.2) is 0 Å². The Kier molecular flexibility index (Phi) is 2.67. The molecule has 8 N–H and O–H groups in total. The number of fused-ring (bicyclic) bond motifs is 3. The summed E-state index contributed by atoms with van der Waals surface area (Å²) in [6, 6.07) is 3.37. The van der Waals surface area contributed by atoms with Crippen LogP contribution in [0.3, 0.4) is 0 Å². The van der Waals surface area contributed by atoms with Crippen LogP contribution in [-0.2, 0) is 12.8 Å². The van der Waals surface area contributed by atoms with E-state index in [0.29, 0.717) is 12.8 Å². The van der Waals surface area contributed by atoms with Crippen LogP contribution in [0.15, 0.2) is 12.1 Å². The Labute approximate surface area is 105 Å². The van der Waals surface area contributed by atoms with Crippen molar-refractivity contribution < 1.29 is 10.2 Å². The summed E-state index contributed by atoms with van der Waals surface area (Å²) in [5.74, 6) is 0. The Morgan fingerprint density at radius 1 is 0.889 bits per heavy atom. The largest absolute Gasteiger partial charge is 0.372 e. The van der Waals surface area contributed by atoms with Gasteiger partial charge in [-0.1, -0.05) is 12.1 Å². The molecule has 6 heteroatoms. The number of rotatable bonds is 0. The van der Waals surface area contributed by atoms with Crippen molar-refractivity contribution in [1.82, 2.24) is 0 Å². The Balaban J connectivity index is 2.04. The molecule has 18 heavy (non-hydrogen) atoms. The van der Waals surface area contributed by atoms with E-state index < -0.39 is 12.5 Å². The summed E-state index contributed by atoms with van der Waals surface area (Å²) in [6.45, 7) is 0. The van der Waals surface area contributed by atoms with Gasteiger partial charge in [0.1, 0.15) is 12.5 Å². The van der Waals surface area contributed by atoms with Crippen molar-refractivity contribution in [3.05, 3.63) is 23.3 Å². The van der Waals surface area contributed by atoms with Gasteiger partial charge < -0.3 is 32.3 Å². The molecule has 2 aliphatic rings. The second-order valence-electron chi connectivity index (χ2n) is 5.05. The molecule has 0 aromatic heterocycles.